The number of aliphatic hydroxyl groups is 2. The van der Waals surface area contributed by atoms with E-state index in [1.807, 2.05) is 30.3 Å². The average Bonchev–Trinajstić information content (AvgIpc) is 2.46. The van der Waals surface area contributed by atoms with E-state index in [1.165, 1.54) is 12.1 Å². The van der Waals surface area contributed by atoms with E-state index >= 15 is 0 Å². The van der Waals surface area contributed by atoms with Crippen LogP contribution in [-0.2, 0) is 6.42 Å². The maximum Gasteiger partial charge on any atom is 0.115 e. The van der Waals surface area contributed by atoms with E-state index in [9.17, 15) is 15.3 Å². The number of benzene rings is 2. The average molecular weight is 258 g/mol. The van der Waals surface area contributed by atoms with Crippen molar-refractivity contribution in [1.29, 1.82) is 0 Å². The lowest BCUT2D eigenvalue weighted by molar-refractivity contribution is 0.0668. The maximum absolute atomic E-state index is 10.3. The fourth-order valence-corrected chi connectivity index (χ4v) is 2.14. The minimum absolute atomic E-state index is 0.0864. The van der Waals surface area contributed by atoms with E-state index in [0.717, 1.165) is 5.56 Å². The van der Waals surface area contributed by atoms with Crippen molar-refractivity contribution in [1.82, 2.24) is 0 Å². The molecule has 100 valence electrons. The van der Waals surface area contributed by atoms with E-state index in [2.05, 4.69) is 0 Å². The molecule has 0 aliphatic carbocycles. The number of hydrogen-bond acceptors (Lipinski definition) is 3. The van der Waals surface area contributed by atoms with Gasteiger partial charge in [-0.05, 0) is 29.7 Å². The third-order valence-electron chi connectivity index (χ3n) is 3.26. The number of aromatic hydroxyl groups is 1. The van der Waals surface area contributed by atoms with Gasteiger partial charge in [0.25, 0.3) is 0 Å². The summed E-state index contributed by atoms with van der Waals surface area (Å²) in [6.45, 7) is -0.0864. The van der Waals surface area contributed by atoms with E-state index < -0.39 is 6.10 Å². The van der Waals surface area contributed by atoms with Crippen LogP contribution in [0.1, 0.15) is 17.2 Å². The summed E-state index contributed by atoms with van der Waals surface area (Å²) in [4.78, 5) is 0. The predicted octanol–water partition coefficient (Wildman–Crippen LogP) is 2.28. The van der Waals surface area contributed by atoms with Crippen LogP contribution in [0.5, 0.6) is 5.75 Å². The second-order valence-corrected chi connectivity index (χ2v) is 4.67. The van der Waals surface area contributed by atoms with Gasteiger partial charge in [0.15, 0.2) is 0 Å². The second kappa shape index (κ2) is 6.36. The van der Waals surface area contributed by atoms with E-state index in [0.29, 0.717) is 12.0 Å². The van der Waals surface area contributed by atoms with E-state index in [1.54, 1.807) is 12.1 Å². The topological polar surface area (TPSA) is 60.7 Å². The molecule has 0 heterocycles. The van der Waals surface area contributed by atoms with Gasteiger partial charge in [-0.25, -0.2) is 0 Å². The number of phenolic OH excluding ortho intramolecular Hbond substituents is 1. The van der Waals surface area contributed by atoms with Crippen molar-refractivity contribution in [3.63, 3.8) is 0 Å². The van der Waals surface area contributed by atoms with E-state index in [4.69, 9.17) is 0 Å². The van der Waals surface area contributed by atoms with Gasteiger partial charge in [-0.15, -0.1) is 0 Å². The molecule has 0 aliphatic heterocycles. The van der Waals surface area contributed by atoms with Crippen molar-refractivity contribution >= 4 is 0 Å². The molecule has 3 heteroatoms. The summed E-state index contributed by atoms with van der Waals surface area (Å²) in [6.07, 6.45) is -0.134. The van der Waals surface area contributed by atoms with Crippen LogP contribution in [0.2, 0.25) is 0 Å². The summed E-state index contributed by atoms with van der Waals surface area (Å²) in [5.41, 5.74) is 1.78. The molecule has 0 aliphatic rings. The largest absolute Gasteiger partial charge is 0.508 e. The third-order valence-corrected chi connectivity index (χ3v) is 3.26. The Morgan fingerprint density at radius 1 is 0.895 bits per heavy atom. The van der Waals surface area contributed by atoms with Gasteiger partial charge in [0.05, 0.1) is 6.10 Å². The molecule has 2 aromatic rings. The molecule has 0 bridgehead atoms. The Morgan fingerprint density at radius 3 is 2.11 bits per heavy atom. The quantitative estimate of drug-likeness (QED) is 0.771. The Morgan fingerprint density at radius 2 is 1.53 bits per heavy atom. The normalized spacial score (nSPS) is 14.0. The van der Waals surface area contributed by atoms with Gasteiger partial charge in [0, 0.05) is 12.5 Å². The van der Waals surface area contributed by atoms with Crippen LogP contribution >= 0.6 is 0 Å². The zero-order valence-corrected chi connectivity index (χ0v) is 10.6. The van der Waals surface area contributed by atoms with Crippen LogP contribution < -0.4 is 0 Å². The summed E-state index contributed by atoms with van der Waals surface area (Å²) < 4.78 is 0. The number of hydrogen-bond donors (Lipinski definition) is 3. The molecule has 0 radical (unpaired) electrons. The molecule has 3 nitrogen and oxygen atoms in total. The first kappa shape index (κ1) is 13.6. The summed E-state index contributed by atoms with van der Waals surface area (Å²) >= 11 is 0. The van der Waals surface area contributed by atoms with Gasteiger partial charge < -0.3 is 15.3 Å². The zero-order chi connectivity index (χ0) is 13.7. The fourth-order valence-electron chi connectivity index (χ4n) is 2.14. The Balaban J connectivity index is 2.11. The monoisotopic (exact) mass is 258 g/mol. The summed E-state index contributed by atoms with van der Waals surface area (Å²) in [6, 6.07) is 16.2. The molecule has 2 unspecified atom stereocenters. The molecule has 19 heavy (non-hydrogen) atoms. The second-order valence-electron chi connectivity index (χ2n) is 4.67. The van der Waals surface area contributed by atoms with Gasteiger partial charge >= 0.3 is 0 Å². The van der Waals surface area contributed by atoms with Crippen molar-refractivity contribution in [3.8, 4) is 5.75 Å². The summed E-state index contributed by atoms with van der Waals surface area (Å²) in [7, 11) is 0. The number of aliphatic hydroxyl groups excluding tert-OH is 2. The van der Waals surface area contributed by atoms with Crippen LogP contribution in [0.4, 0.5) is 0 Å². The minimum atomic E-state index is -0.745. The smallest absolute Gasteiger partial charge is 0.115 e. The zero-order valence-electron chi connectivity index (χ0n) is 10.6. The Kier molecular flexibility index (Phi) is 4.55. The van der Waals surface area contributed by atoms with Crippen molar-refractivity contribution in [3.05, 3.63) is 65.7 Å². The molecule has 0 saturated carbocycles. The Labute approximate surface area is 112 Å². The van der Waals surface area contributed by atoms with Crippen LogP contribution in [0.25, 0.3) is 0 Å². The third kappa shape index (κ3) is 3.56. The Hall–Kier alpha value is -1.84. The maximum atomic E-state index is 10.3. The lowest BCUT2D eigenvalue weighted by Gasteiger charge is -2.21. The van der Waals surface area contributed by atoms with Crippen molar-refractivity contribution in [2.75, 3.05) is 6.61 Å². The van der Waals surface area contributed by atoms with Gasteiger partial charge in [0.2, 0.25) is 0 Å². The first-order valence-corrected chi connectivity index (χ1v) is 6.32. The highest BCUT2D eigenvalue weighted by Gasteiger charge is 2.20. The lowest BCUT2D eigenvalue weighted by Crippen LogP contribution is -2.19. The molecular formula is C16H18O3. The SMILES string of the molecule is OCC(Cc1ccccc1)C(O)c1ccc(O)cc1. The highest BCUT2D eigenvalue weighted by molar-refractivity contribution is 5.28. The van der Waals surface area contributed by atoms with Crippen molar-refractivity contribution in [2.45, 2.75) is 12.5 Å². The summed E-state index contributed by atoms with van der Waals surface area (Å²) in [5.74, 6) is -0.0912. The molecule has 0 saturated heterocycles. The first-order chi connectivity index (χ1) is 9.20. The summed E-state index contributed by atoms with van der Waals surface area (Å²) in [5, 5.41) is 29.0. The molecule has 3 N–H and O–H groups in total. The van der Waals surface area contributed by atoms with Crippen LogP contribution in [0, 0.1) is 5.92 Å². The molecule has 0 fully saturated rings. The van der Waals surface area contributed by atoms with E-state index in [-0.39, 0.29) is 18.3 Å². The van der Waals surface area contributed by atoms with Crippen LogP contribution in [0.15, 0.2) is 54.6 Å². The van der Waals surface area contributed by atoms with Gasteiger partial charge in [0.1, 0.15) is 5.75 Å². The first-order valence-electron chi connectivity index (χ1n) is 6.32. The lowest BCUT2D eigenvalue weighted by atomic mass is 9.90. The fraction of sp³-hybridized carbons (Fsp3) is 0.250. The Bertz CT molecular complexity index is 493. The highest BCUT2D eigenvalue weighted by atomic mass is 16.3. The van der Waals surface area contributed by atoms with Crippen LogP contribution in [0.3, 0.4) is 0 Å². The molecular weight excluding hydrogens is 240 g/mol. The van der Waals surface area contributed by atoms with Crippen molar-refractivity contribution in [2.24, 2.45) is 5.92 Å². The standard InChI is InChI=1S/C16H18O3/c17-11-14(10-12-4-2-1-3-5-12)16(19)13-6-8-15(18)9-7-13/h1-9,14,16-19H,10-11H2. The molecule has 0 amide bonds. The molecule has 2 atom stereocenters. The number of phenols is 1. The number of rotatable bonds is 5. The highest BCUT2D eigenvalue weighted by Crippen LogP contribution is 2.26. The molecule has 0 spiro atoms. The predicted molar refractivity (Wildman–Crippen MR) is 73.8 cm³/mol. The van der Waals surface area contributed by atoms with Gasteiger partial charge in [-0.1, -0.05) is 42.5 Å². The molecule has 2 aromatic carbocycles. The molecule has 0 aromatic heterocycles. The van der Waals surface area contributed by atoms with Crippen LogP contribution in [-0.4, -0.2) is 21.9 Å². The van der Waals surface area contributed by atoms with Crippen molar-refractivity contribution < 1.29 is 15.3 Å². The minimum Gasteiger partial charge on any atom is -0.508 e. The van der Waals surface area contributed by atoms with Gasteiger partial charge in [-0.3, -0.25) is 0 Å². The molecule has 2 rings (SSSR count). The van der Waals surface area contributed by atoms with Gasteiger partial charge in [-0.2, -0.15) is 0 Å².